The number of carbonyl (C=O) groups is 1. The van der Waals surface area contributed by atoms with E-state index >= 15 is 0 Å². The van der Waals surface area contributed by atoms with Gasteiger partial charge in [-0.1, -0.05) is 24.3 Å². The summed E-state index contributed by atoms with van der Waals surface area (Å²) in [6, 6.07) is 9.59. The van der Waals surface area contributed by atoms with Gasteiger partial charge >= 0.3 is 0 Å². The Bertz CT molecular complexity index is 499. The number of allylic oxidation sites excluding steroid dienone is 1. The Kier molecular flexibility index (Phi) is 2.94. The maximum atomic E-state index is 12.6. The molecule has 1 aliphatic carbocycles. The van der Waals surface area contributed by atoms with E-state index in [4.69, 9.17) is 4.84 Å². The van der Waals surface area contributed by atoms with Crippen molar-refractivity contribution < 1.29 is 9.63 Å². The Morgan fingerprint density at radius 1 is 1.47 bits per heavy atom. The molecule has 1 saturated heterocycles. The average molecular weight is 257 g/mol. The summed E-state index contributed by atoms with van der Waals surface area (Å²) in [5.74, 6) is 0.496. The van der Waals surface area contributed by atoms with Crippen LogP contribution in [0.15, 0.2) is 43.0 Å². The van der Waals surface area contributed by atoms with E-state index in [2.05, 4.69) is 6.58 Å². The van der Waals surface area contributed by atoms with Crippen LogP contribution in [0.25, 0.3) is 0 Å². The van der Waals surface area contributed by atoms with Crippen LogP contribution in [0.4, 0.5) is 5.69 Å². The maximum Gasteiger partial charge on any atom is 0.259 e. The Morgan fingerprint density at radius 3 is 2.89 bits per heavy atom. The minimum absolute atomic E-state index is 0.0155. The molecule has 0 bridgehead atoms. The third kappa shape index (κ3) is 1.80. The number of para-hydroxylation sites is 1. The molecule has 1 amide bonds. The molecule has 2 aliphatic rings. The highest BCUT2D eigenvalue weighted by Crippen LogP contribution is 2.51. The zero-order chi connectivity index (χ0) is 13.5. The van der Waals surface area contributed by atoms with Gasteiger partial charge in [0.2, 0.25) is 0 Å². The first-order chi connectivity index (χ1) is 9.16. The van der Waals surface area contributed by atoms with Gasteiger partial charge in [0.15, 0.2) is 0 Å². The Morgan fingerprint density at radius 2 is 2.21 bits per heavy atom. The predicted octanol–water partition coefficient (Wildman–Crippen LogP) is 3.33. The molecule has 0 aromatic heterocycles. The third-order valence-corrected chi connectivity index (χ3v) is 4.44. The van der Waals surface area contributed by atoms with Gasteiger partial charge < -0.3 is 0 Å². The Balaban J connectivity index is 1.89. The predicted molar refractivity (Wildman–Crippen MR) is 74.4 cm³/mol. The summed E-state index contributed by atoms with van der Waals surface area (Å²) in [6.45, 7) is 5.84. The van der Waals surface area contributed by atoms with Gasteiger partial charge in [0.25, 0.3) is 5.91 Å². The molecule has 1 aliphatic heterocycles. The van der Waals surface area contributed by atoms with Gasteiger partial charge in [-0.3, -0.25) is 9.63 Å². The van der Waals surface area contributed by atoms with E-state index in [0.29, 0.717) is 5.92 Å². The molecule has 3 atom stereocenters. The molecule has 1 heterocycles. The van der Waals surface area contributed by atoms with Gasteiger partial charge in [0.1, 0.15) is 6.10 Å². The highest BCUT2D eigenvalue weighted by molar-refractivity contribution is 5.98. The van der Waals surface area contributed by atoms with E-state index in [1.54, 1.807) is 0 Å². The topological polar surface area (TPSA) is 29.5 Å². The molecule has 2 unspecified atom stereocenters. The van der Waals surface area contributed by atoms with Crippen molar-refractivity contribution in [1.29, 1.82) is 0 Å². The highest BCUT2D eigenvalue weighted by atomic mass is 16.7. The van der Waals surface area contributed by atoms with Crippen molar-refractivity contribution in [2.75, 3.05) is 5.06 Å². The van der Waals surface area contributed by atoms with Crippen molar-refractivity contribution in [3.05, 3.63) is 43.0 Å². The first-order valence-electron chi connectivity index (χ1n) is 6.84. The Labute approximate surface area is 113 Å². The summed E-state index contributed by atoms with van der Waals surface area (Å²) >= 11 is 0. The summed E-state index contributed by atoms with van der Waals surface area (Å²) < 4.78 is 0. The number of hydrogen-bond donors (Lipinski definition) is 0. The molecule has 0 spiro atoms. The fraction of sp³-hybridized carbons (Fsp3) is 0.438. The van der Waals surface area contributed by atoms with E-state index in [1.165, 1.54) is 5.06 Å². The van der Waals surface area contributed by atoms with Gasteiger partial charge in [0.05, 0.1) is 11.1 Å². The fourth-order valence-corrected chi connectivity index (χ4v) is 3.32. The van der Waals surface area contributed by atoms with E-state index in [-0.39, 0.29) is 17.4 Å². The van der Waals surface area contributed by atoms with E-state index in [1.807, 2.05) is 43.3 Å². The maximum absolute atomic E-state index is 12.6. The molecule has 19 heavy (non-hydrogen) atoms. The number of anilines is 1. The van der Waals surface area contributed by atoms with Crippen LogP contribution in [0, 0.1) is 11.3 Å². The van der Waals surface area contributed by atoms with E-state index < -0.39 is 0 Å². The van der Waals surface area contributed by atoms with E-state index in [9.17, 15) is 4.79 Å². The molecule has 3 heteroatoms. The first-order valence-corrected chi connectivity index (χ1v) is 6.84. The lowest BCUT2D eigenvalue weighted by Crippen LogP contribution is -2.33. The second-order valence-corrected chi connectivity index (χ2v) is 5.70. The van der Waals surface area contributed by atoms with Crippen LogP contribution in [0.3, 0.4) is 0 Å². The second-order valence-electron chi connectivity index (χ2n) is 5.70. The Hall–Kier alpha value is -1.61. The number of amides is 1. The lowest BCUT2D eigenvalue weighted by Gasteiger charge is -2.20. The average Bonchev–Trinajstić information content (AvgIpc) is 2.87. The molecule has 0 radical (unpaired) electrons. The zero-order valence-corrected chi connectivity index (χ0v) is 11.2. The van der Waals surface area contributed by atoms with Gasteiger partial charge in [0, 0.05) is 0 Å². The van der Waals surface area contributed by atoms with Gasteiger partial charge in [-0.25, -0.2) is 0 Å². The molecule has 0 N–H and O–H groups in total. The van der Waals surface area contributed by atoms with Gasteiger partial charge in [-0.15, -0.1) is 6.58 Å². The summed E-state index contributed by atoms with van der Waals surface area (Å²) in [4.78, 5) is 18.6. The molecule has 1 aromatic carbocycles. The van der Waals surface area contributed by atoms with Crippen molar-refractivity contribution in [1.82, 2.24) is 0 Å². The molecular formula is C16H19NO2. The number of hydroxylamine groups is 1. The minimum atomic E-state index is -0.372. The molecular weight excluding hydrogens is 238 g/mol. The van der Waals surface area contributed by atoms with Crippen LogP contribution in [0.2, 0.25) is 0 Å². The first kappa shape index (κ1) is 12.4. The van der Waals surface area contributed by atoms with Crippen LogP contribution < -0.4 is 5.06 Å². The SMILES string of the molecule is C=CCC1CC[C@@]2(C)C(=O)N(c3ccccc3)OC12. The number of rotatable bonds is 3. The number of benzene rings is 1. The third-order valence-electron chi connectivity index (χ3n) is 4.44. The van der Waals surface area contributed by atoms with Crippen molar-refractivity contribution in [3.63, 3.8) is 0 Å². The summed E-state index contributed by atoms with van der Waals surface area (Å²) in [5, 5.41) is 1.49. The lowest BCUT2D eigenvalue weighted by molar-refractivity contribution is -0.125. The zero-order valence-electron chi connectivity index (χ0n) is 11.2. The largest absolute Gasteiger partial charge is 0.271 e. The van der Waals surface area contributed by atoms with Crippen molar-refractivity contribution >= 4 is 11.6 Å². The standard InChI is InChI=1S/C16H19NO2/c1-3-7-12-10-11-16(2)14(12)19-17(15(16)18)13-8-5-4-6-9-13/h3-6,8-9,12,14H,1,7,10-11H2,2H3/t12?,14?,16-/m1/s1. The van der Waals surface area contributed by atoms with Gasteiger partial charge in [-0.05, 0) is 44.2 Å². The van der Waals surface area contributed by atoms with Crippen molar-refractivity contribution in [2.24, 2.45) is 11.3 Å². The fourth-order valence-electron chi connectivity index (χ4n) is 3.32. The van der Waals surface area contributed by atoms with Crippen LogP contribution in [-0.4, -0.2) is 12.0 Å². The summed E-state index contributed by atoms with van der Waals surface area (Å²) in [7, 11) is 0. The van der Waals surface area contributed by atoms with Crippen molar-refractivity contribution in [2.45, 2.75) is 32.3 Å². The van der Waals surface area contributed by atoms with Crippen molar-refractivity contribution in [3.8, 4) is 0 Å². The van der Waals surface area contributed by atoms with Crippen LogP contribution in [-0.2, 0) is 9.63 Å². The monoisotopic (exact) mass is 257 g/mol. The molecule has 3 rings (SSSR count). The number of carbonyl (C=O) groups excluding carboxylic acids is 1. The number of hydrogen-bond acceptors (Lipinski definition) is 2. The number of fused-ring (bicyclic) bond motifs is 1. The quantitative estimate of drug-likeness (QED) is 0.777. The molecule has 100 valence electrons. The summed E-state index contributed by atoms with van der Waals surface area (Å²) in [5.41, 5.74) is 0.448. The van der Waals surface area contributed by atoms with Gasteiger partial charge in [-0.2, -0.15) is 5.06 Å². The molecule has 2 fully saturated rings. The van der Waals surface area contributed by atoms with Crippen LogP contribution in [0.5, 0.6) is 0 Å². The summed E-state index contributed by atoms with van der Waals surface area (Å²) in [6.07, 6.45) is 4.77. The normalized spacial score (nSPS) is 33.5. The van der Waals surface area contributed by atoms with E-state index in [0.717, 1.165) is 24.9 Å². The molecule has 1 aromatic rings. The highest BCUT2D eigenvalue weighted by Gasteiger charge is 2.58. The number of nitrogens with zero attached hydrogens (tertiary/aromatic N) is 1. The van der Waals surface area contributed by atoms with Crippen LogP contribution >= 0.6 is 0 Å². The van der Waals surface area contributed by atoms with Crippen LogP contribution in [0.1, 0.15) is 26.2 Å². The molecule has 3 nitrogen and oxygen atoms in total. The smallest absolute Gasteiger partial charge is 0.259 e. The minimum Gasteiger partial charge on any atom is -0.271 e. The molecule has 1 saturated carbocycles. The lowest BCUT2D eigenvalue weighted by atomic mass is 9.84. The second kappa shape index (κ2) is 4.49.